The first-order valence-electron chi connectivity index (χ1n) is 8.39. The van der Waals surface area contributed by atoms with E-state index in [1.54, 1.807) is 0 Å². The molecule has 122 valence electrons. The minimum atomic E-state index is 0.00792. The number of carbonyl (C=O) groups is 1. The first kappa shape index (κ1) is 17.0. The van der Waals surface area contributed by atoms with E-state index in [0.717, 1.165) is 19.5 Å². The van der Waals surface area contributed by atoms with Crippen molar-refractivity contribution in [1.29, 1.82) is 0 Å². The second kappa shape index (κ2) is 6.82. The van der Waals surface area contributed by atoms with Gasteiger partial charge in [0.15, 0.2) is 0 Å². The van der Waals surface area contributed by atoms with Crippen LogP contribution < -0.4 is 5.73 Å². The van der Waals surface area contributed by atoms with Crippen molar-refractivity contribution in [1.82, 2.24) is 4.90 Å². The molecule has 0 aromatic heterocycles. The molecular weight excluding hydrogens is 272 g/mol. The molecule has 0 saturated carbocycles. The molecule has 2 rings (SSSR count). The predicted molar refractivity (Wildman–Crippen MR) is 91.6 cm³/mol. The van der Waals surface area contributed by atoms with Gasteiger partial charge in [0.05, 0.1) is 0 Å². The van der Waals surface area contributed by atoms with Gasteiger partial charge in [0.1, 0.15) is 0 Å². The maximum atomic E-state index is 12.8. The number of carbonyl (C=O) groups excluding carboxylic acids is 1. The van der Waals surface area contributed by atoms with Gasteiger partial charge in [0.2, 0.25) is 5.91 Å². The molecular formula is C19H30N2O. The molecule has 1 fully saturated rings. The number of hydrogen-bond donors (Lipinski definition) is 1. The van der Waals surface area contributed by atoms with Gasteiger partial charge in [-0.05, 0) is 29.2 Å². The quantitative estimate of drug-likeness (QED) is 0.926. The SMILES string of the molecule is CC(C)C(CC(=O)N1CCC(N)C(C)(C)C1)c1ccccc1. The molecule has 1 heterocycles. The number of amides is 1. The number of nitrogens with two attached hydrogens (primary N) is 1. The lowest BCUT2D eigenvalue weighted by Crippen LogP contribution is -2.54. The molecule has 1 amide bonds. The van der Waals surface area contributed by atoms with Crippen LogP contribution >= 0.6 is 0 Å². The highest BCUT2D eigenvalue weighted by molar-refractivity contribution is 5.77. The van der Waals surface area contributed by atoms with Crippen molar-refractivity contribution in [2.24, 2.45) is 17.1 Å². The third kappa shape index (κ3) is 3.89. The molecule has 1 aliphatic rings. The first-order valence-corrected chi connectivity index (χ1v) is 8.39. The summed E-state index contributed by atoms with van der Waals surface area (Å²) in [4.78, 5) is 14.8. The zero-order valence-corrected chi connectivity index (χ0v) is 14.4. The topological polar surface area (TPSA) is 46.3 Å². The zero-order valence-electron chi connectivity index (χ0n) is 14.4. The summed E-state index contributed by atoms with van der Waals surface area (Å²) in [5, 5.41) is 0. The fraction of sp³-hybridized carbons (Fsp3) is 0.632. The summed E-state index contributed by atoms with van der Waals surface area (Å²) in [6.07, 6.45) is 1.49. The molecule has 3 nitrogen and oxygen atoms in total. The highest BCUT2D eigenvalue weighted by Gasteiger charge is 2.36. The number of nitrogens with zero attached hydrogens (tertiary/aromatic N) is 1. The first-order chi connectivity index (χ1) is 10.3. The zero-order chi connectivity index (χ0) is 16.3. The number of rotatable bonds is 4. The van der Waals surface area contributed by atoms with Crippen LogP contribution in [0.4, 0.5) is 0 Å². The number of likely N-dealkylation sites (tertiary alicyclic amines) is 1. The van der Waals surface area contributed by atoms with Crippen molar-refractivity contribution in [3.63, 3.8) is 0 Å². The summed E-state index contributed by atoms with van der Waals surface area (Å²) in [5.41, 5.74) is 7.45. The summed E-state index contributed by atoms with van der Waals surface area (Å²) >= 11 is 0. The van der Waals surface area contributed by atoms with E-state index in [2.05, 4.69) is 52.0 Å². The van der Waals surface area contributed by atoms with Gasteiger partial charge in [-0.1, -0.05) is 58.0 Å². The highest BCUT2D eigenvalue weighted by atomic mass is 16.2. The third-order valence-electron chi connectivity index (χ3n) is 5.09. The lowest BCUT2D eigenvalue weighted by molar-refractivity contribution is -0.135. The Morgan fingerprint density at radius 3 is 2.50 bits per heavy atom. The van der Waals surface area contributed by atoms with Gasteiger partial charge in [0, 0.05) is 25.6 Å². The second-order valence-corrected chi connectivity index (χ2v) is 7.66. The van der Waals surface area contributed by atoms with E-state index in [4.69, 9.17) is 5.73 Å². The van der Waals surface area contributed by atoms with Crippen molar-refractivity contribution in [3.8, 4) is 0 Å². The highest BCUT2D eigenvalue weighted by Crippen LogP contribution is 2.32. The Kier molecular flexibility index (Phi) is 5.28. The molecule has 2 atom stereocenters. The number of piperidine rings is 1. The average molecular weight is 302 g/mol. The van der Waals surface area contributed by atoms with Crippen LogP contribution in [0.25, 0.3) is 0 Å². The molecule has 1 aliphatic heterocycles. The van der Waals surface area contributed by atoms with Crippen LogP contribution in [0.1, 0.15) is 52.0 Å². The van der Waals surface area contributed by atoms with Crippen molar-refractivity contribution in [2.75, 3.05) is 13.1 Å². The van der Waals surface area contributed by atoms with Gasteiger partial charge in [-0.3, -0.25) is 4.79 Å². The van der Waals surface area contributed by atoms with Crippen molar-refractivity contribution in [2.45, 2.75) is 52.5 Å². The summed E-state index contributed by atoms with van der Waals surface area (Å²) < 4.78 is 0. The van der Waals surface area contributed by atoms with Crippen LogP contribution in [0, 0.1) is 11.3 Å². The summed E-state index contributed by atoms with van der Waals surface area (Å²) in [6, 6.07) is 10.6. The summed E-state index contributed by atoms with van der Waals surface area (Å²) in [6.45, 7) is 10.3. The Morgan fingerprint density at radius 1 is 1.32 bits per heavy atom. The van der Waals surface area contributed by atoms with Crippen LogP contribution in [0.5, 0.6) is 0 Å². The molecule has 1 aromatic carbocycles. The minimum absolute atomic E-state index is 0.00792. The molecule has 2 unspecified atom stereocenters. The molecule has 0 radical (unpaired) electrons. The van der Waals surface area contributed by atoms with Crippen LogP contribution in [0.15, 0.2) is 30.3 Å². The standard InChI is InChI=1S/C19H30N2O/c1-14(2)16(15-8-6-5-7-9-15)12-18(22)21-11-10-17(20)19(3,4)13-21/h5-9,14,16-17H,10-13,20H2,1-4H3. The maximum absolute atomic E-state index is 12.8. The lowest BCUT2D eigenvalue weighted by Gasteiger charge is -2.43. The largest absolute Gasteiger partial charge is 0.342 e. The lowest BCUT2D eigenvalue weighted by atomic mass is 9.79. The monoisotopic (exact) mass is 302 g/mol. The van der Waals surface area contributed by atoms with Crippen LogP contribution in [0.2, 0.25) is 0 Å². The van der Waals surface area contributed by atoms with Gasteiger partial charge in [-0.25, -0.2) is 0 Å². The van der Waals surface area contributed by atoms with E-state index in [1.165, 1.54) is 5.56 Å². The van der Waals surface area contributed by atoms with Crippen molar-refractivity contribution in [3.05, 3.63) is 35.9 Å². The second-order valence-electron chi connectivity index (χ2n) is 7.66. The van der Waals surface area contributed by atoms with Crippen LogP contribution in [-0.4, -0.2) is 29.9 Å². The predicted octanol–water partition coefficient (Wildman–Crippen LogP) is 3.40. The fourth-order valence-corrected chi connectivity index (χ4v) is 3.34. The smallest absolute Gasteiger partial charge is 0.223 e. The molecule has 1 aromatic rings. The van der Waals surface area contributed by atoms with E-state index in [1.807, 2.05) is 11.0 Å². The van der Waals surface area contributed by atoms with E-state index >= 15 is 0 Å². The fourth-order valence-electron chi connectivity index (χ4n) is 3.34. The average Bonchev–Trinajstić information content (AvgIpc) is 2.47. The van der Waals surface area contributed by atoms with E-state index < -0.39 is 0 Å². The molecule has 3 heteroatoms. The molecule has 1 saturated heterocycles. The normalized spacial score (nSPS) is 22.6. The van der Waals surface area contributed by atoms with E-state index in [9.17, 15) is 4.79 Å². The van der Waals surface area contributed by atoms with E-state index in [-0.39, 0.29) is 23.3 Å². The van der Waals surface area contributed by atoms with Crippen molar-refractivity contribution >= 4 is 5.91 Å². The molecule has 2 N–H and O–H groups in total. The van der Waals surface area contributed by atoms with E-state index in [0.29, 0.717) is 12.3 Å². The van der Waals surface area contributed by atoms with Gasteiger partial charge >= 0.3 is 0 Å². The molecule has 0 bridgehead atoms. The number of hydrogen-bond acceptors (Lipinski definition) is 2. The Labute approximate surface area is 134 Å². The summed E-state index contributed by atoms with van der Waals surface area (Å²) in [5.74, 6) is 1.00. The summed E-state index contributed by atoms with van der Waals surface area (Å²) in [7, 11) is 0. The van der Waals surface area contributed by atoms with Crippen LogP contribution in [-0.2, 0) is 4.79 Å². The Bertz CT molecular complexity index is 495. The van der Waals surface area contributed by atoms with Gasteiger partial charge in [-0.2, -0.15) is 0 Å². The van der Waals surface area contributed by atoms with Gasteiger partial charge < -0.3 is 10.6 Å². The third-order valence-corrected chi connectivity index (χ3v) is 5.09. The minimum Gasteiger partial charge on any atom is -0.342 e. The Balaban J connectivity index is 2.06. The number of benzene rings is 1. The van der Waals surface area contributed by atoms with Gasteiger partial charge in [0.25, 0.3) is 0 Å². The Morgan fingerprint density at radius 2 is 1.95 bits per heavy atom. The molecule has 22 heavy (non-hydrogen) atoms. The Hall–Kier alpha value is -1.35. The van der Waals surface area contributed by atoms with Crippen molar-refractivity contribution < 1.29 is 4.79 Å². The molecule has 0 aliphatic carbocycles. The van der Waals surface area contributed by atoms with Crippen LogP contribution in [0.3, 0.4) is 0 Å². The van der Waals surface area contributed by atoms with Gasteiger partial charge in [-0.15, -0.1) is 0 Å². The molecule has 0 spiro atoms. The maximum Gasteiger partial charge on any atom is 0.223 e.